The van der Waals surface area contributed by atoms with Crippen LogP contribution in [0.1, 0.15) is 55.7 Å². The van der Waals surface area contributed by atoms with Crippen LogP contribution < -0.4 is 9.62 Å². The SMILES string of the molecule is Cc1ccc(S(=O)(=O)N(CC(=O)N(Cc2cccc(C)c2)[C@@H](C)C(=O)NC2CCCCC2)c2cc(Cl)ccc2Cl)cc1. The third kappa shape index (κ3) is 7.85. The second-order valence-electron chi connectivity index (χ2n) is 11.0. The lowest BCUT2D eigenvalue weighted by molar-refractivity contribution is -0.139. The summed E-state index contributed by atoms with van der Waals surface area (Å²) in [5.41, 5.74) is 2.80. The molecule has 0 heterocycles. The summed E-state index contributed by atoms with van der Waals surface area (Å²) >= 11 is 12.7. The minimum Gasteiger partial charge on any atom is -0.352 e. The van der Waals surface area contributed by atoms with Crippen LogP contribution in [-0.4, -0.2) is 43.8 Å². The fourth-order valence-electron chi connectivity index (χ4n) is 5.19. The van der Waals surface area contributed by atoms with E-state index in [9.17, 15) is 18.0 Å². The summed E-state index contributed by atoms with van der Waals surface area (Å²) in [4.78, 5) is 29.0. The molecule has 1 N–H and O–H groups in total. The molecule has 0 unspecified atom stereocenters. The molecule has 0 saturated heterocycles. The Morgan fingerprint density at radius 1 is 0.929 bits per heavy atom. The number of carbonyl (C=O) groups is 2. The Kier molecular flexibility index (Phi) is 10.6. The minimum atomic E-state index is -4.24. The fraction of sp³-hybridized carbons (Fsp3) is 0.375. The summed E-state index contributed by atoms with van der Waals surface area (Å²) in [5, 5.41) is 3.50. The number of anilines is 1. The molecule has 224 valence electrons. The molecule has 2 amide bonds. The lowest BCUT2D eigenvalue weighted by atomic mass is 9.95. The van der Waals surface area contributed by atoms with Gasteiger partial charge in [0.2, 0.25) is 11.8 Å². The maximum atomic E-state index is 14.1. The number of hydrogen-bond acceptors (Lipinski definition) is 4. The van der Waals surface area contributed by atoms with Crippen LogP contribution in [0, 0.1) is 13.8 Å². The molecular weight excluding hydrogens is 593 g/mol. The largest absolute Gasteiger partial charge is 0.352 e. The van der Waals surface area contributed by atoms with E-state index in [-0.39, 0.29) is 39.1 Å². The molecule has 7 nitrogen and oxygen atoms in total. The lowest BCUT2D eigenvalue weighted by Gasteiger charge is -2.33. The first kappa shape index (κ1) is 31.9. The molecule has 0 aromatic heterocycles. The molecule has 1 fully saturated rings. The number of halogens is 2. The van der Waals surface area contributed by atoms with E-state index in [2.05, 4.69) is 5.32 Å². The number of sulfonamides is 1. The number of amides is 2. The number of rotatable bonds is 10. The molecule has 0 aliphatic heterocycles. The average Bonchev–Trinajstić information content (AvgIpc) is 2.96. The van der Waals surface area contributed by atoms with Gasteiger partial charge in [0.15, 0.2) is 0 Å². The third-order valence-corrected chi connectivity index (χ3v) is 9.95. The van der Waals surface area contributed by atoms with Crippen LogP contribution in [-0.2, 0) is 26.2 Å². The van der Waals surface area contributed by atoms with Gasteiger partial charge in [0.05, 0.1) is 15.6 Å². The van der Waals surface area contributed by atoms with E-state index in [1.54, 1.807) is 25.1 Å². The van der Waals surface area contributed by atoms with Crippen molar-refractivity contribution in [3.8, 4) is 0 Å². The van der Waals surface area contributed by atoms with Crippen molar-refractivity contribution < 1.29 is 18.0 Å². The summed E-state index contributed by atoms with van der Waals surface area (Å²) in [5.74, 6) is -0.814. The number of aryl methyl sites for hydroxylation is 2. The van der Waals surface area contributed by atoms with Crippen molar-refractivity contribution in [1.82, 2.24) is 10.2 Å². The van der Waals surface area contributed by atoms with Crippen molar-refractivity contribution in [2.45, 2.75) is 76.4 Å². The van der Waals surface area contributed by atoms with Gasteiger partial charge in [0, 0.05) is 17.6 Å². The van der Waals surface area contributed by atoms with Gasteiger partial charge in [-0.15, -0.1) is 0 Å². The van der Waals surface area contributed by atoms with Gasteiger partial charge >= 0.3 is 0 Å². The van der Waals surface area contributed by atoms with Gasteiger partial charge in [0.25, 0.3) is 10.0 Å². The van der Waals surface area contributed by atoms with Crippen LogP contribution in [0.2, 0.25) is 10.0 Å². The zero-order valence-corrected chi connectivity index (χ0v) is 26.5. The Hall–Kier alpha value is -3.07. The van der Waals surface area contributed by atoms with Crippen molar-refractivity contribution in [2.24, 2.45) is 0 Å². The smallest absolute Gasteiger partial charge is 0.264 e. The van der Waals surface area contributed by atoms with Crippen LogP contribution in [0.5, 0.6) is 0 Å². The van der Waals surface area contributed by atoms with E-state index in [0.29, 0.717) is 0 Å². The van der Waals surface area contributed by atoms with Crippen molar-refractivity contribution in [2.75, 3.05) is 10.8 Å². The Bertz CT molecular complexity index is 1520. The quantitative estimate of drug-likeness (QED) is 0.271. The number of nitrogens with zero attached hydrogens (tertiary/aromatic N) is 2. The first-order valence-corrected chi connectivity index (χ1v) is 16.3. The minimum absolute atomic E-state index is 0.00488. The van der Waals surface area contributed by atoms with Crippen LogP contribution in [0.15, 0.2) is 71.6 Å². The molecule has 0 radical (unpaired) electrons. The van der Waals surface area contributed by atoms with E-state index in [1.165, 1.54) is 29.2 Å². The first-order chi connectivity index (χ1) is 20.0. The second kappa shape index (κ2) is 13.9. The van der Waals surface area contributed by atoms with Gasteiger partial charge in [0.1, 0.15) is 12.6 Å². The molecule has 1 aliphatic carbocycles. The molecule has 0 bridgehead atoms. The Morgan fingerprint density at radius 3 is 2.29 bits per heavy atom. The van der Waals surface area contributed by atoms with Crippen LogP contribution in [0.25, 0.3) is 0 Å². The van der Waals surface area contributed by atoms with Crippen LogP contribution in [0.4, 0.5) is 5.69 Å². The number of benzene rings is 3. The summed E-state index contributed by atoms with van der Waals surface area (Å²) in [6, 6.07) is 17.7. The molecule has 0 spiro atoms. The molecule has 1 aliphatic rings. The van der Waals surface area contributed by atoms with Gasteiger partial charge in [-0.25, -0.2) is 8.42 Å². The first-order valence-electron chi connectivity index (χ1n) is 14.2. The molecule has 1 saturated carbocycles. The van der Waals surface area contributed by atoms with Crippen LogP contribution in [0.3, 0.4) is 0 Å². The van der Waals surface area contributed by atoms with Gasteiger partial charge in [-0.2, -0.15) is 0 Å². The number of hydrogen-bond donors (Lipinski definition) is 1. The van der Waals surface area contributed by atoms with Crippen molar-refractivity contribution in [1.29, 1.82) is 0 Å². The molecule has 3 aromatic rings. The standard InChI is InChI=1S/C32H37Cl2N3O4S/c1-22-12-15-28(16-13-22)42(40,41)37(30-19-26(33)14-17-29(30)34)21-31(38)36(20-25-9-7-8-23(2)18-25)24(3)32(39)35-27-10-5-4-6-11-27/h7-9,12-19,24,27H,4-6,10-11,20-21H2,1-3H3,(H,35,39)/t24-/m0/s1. The molecule has 3 aromatic carbocycles. The van der Waals surface area contributed by atoms with E-state index < -0.39 is 28.5 Å². The van der Waals surface area contributed by atoms with Crippen LogP contribution >= 0.6 is 23.2 Å². The maximum Gasteiger partial charge on any atom is 0.264 e. The van der Waals surface area contributed by atoms with Gasteiger partial charge < -0.3 is 10.2 Å². The molecule has 1 atom stereocenters. The van der Waals surface area contributed by atoms with E-state index in [4.69, 9.17) is 23.2 Å². The molecule has 42 heavy (non-hydrogen) atoms. The van der Waals surface area contributed by atoms with Gasteiger partial charge in [-0.3, -0.25) is 13.9 Å². The van der Waals surface area contributed by atoms with Crippen molar-refractivity contribution in [3.63, 3.8) is 0 Å². The summed E-state index contributed by atoms with van der Waals surface area (Å²) in [7, 11) is -4.24. The van der Waals surface area contributed by atoms with Crippen molar-refractivity contribution in [3.05, 3.63) is 93.5 Å². The second-order valence-corrected chi connectivity index (χ2v) is 13.7. The van der Waals surface area contributed by atoms with Crippen molar-refractivity contribution >= 4 is 50.7 Å². The topological polar surface area (TPSA) is 86.8 Å². The summed E-state index contributed by atoms with van der Waals surface area (Å²) in [6.45, 7) is 5.03. The lowest BCUT2D eigenvalue weighted by Crippen LogP contribution is -2.53. The van der Waals surface area contributed by atoms with Gasteiger partial charge in [-0.1, -0.05) is 90.0 Å². The zero-order chi connectivity index (χ0) is 30.4. The predicted molar refractivity (Wildman–Crippen MR) is 168 cm³/mol. The Morgan fingerprint density at radius 2 is 1.62 bits per heavy atom. The molecule has 10 heteroatoms. The highest BCUT2D eigenvalue weighted by Gasteiger charge is 2.34. The van der Waals surface area contributed by atoms with E-state index >= 15 is 0 Å². The Balaban J connectivity index is 1.71. The highest BCUT2D eigenvalue weighted by molar-refractivity contribution is 7.92. The predicted octanol–water partition coefficient (Wildman–Crippen LogP) is 6.67. The highest BCUT2D eigenvalue weighted by atomic mass is 35.5. The average molecular weight is 631 g/mol. The monoisotopic (exact) mass is 629 g/mol. The third-order valence-electron chi connectivity index (χ3n) is 7.62. The van der Waals surface area contributed by atoms with Gasteiger partial charge in [-0.05, 0) is 69.5 Å². The zero-order valence-electron chi connectivity index (χ0n) is 24.1. The normalized spacial score (nSPS) is 14.7. The van der Waals surface area contributed by atoms with E-state index in [0.717, 1.165) is 53.1 Å². The molecule has 4 rings (SSSR count). The number of nitrogens with one attached hydrogen (secondary N) is 1. The summed E-state index contributed by atoms with van der Waals surface area (Å²) in [6.07, 6.45) is 5.06. The highest BCUT2D eigenvalue weighted by Crippen LogP contribution is 2.33. The maximum absolute atomic E-state index is 14.1. The molecular formula is C32H37Cl2N3O4S. The fourth-order valence-corrected chi connectivity index (χ4v) is 7.05. The number of carbonyl (C=O) groups excluding carboxylic acids is 2. The summed E-state index contributed by atoms with van der Waals surface area (Å²) < 4.78 is 29.0. The van der Waals surface area contributed by atoms with E-state index in [1.807, 2.05) is 38.1 Å². The Labute approximate surface area is 258 Å².